The van der Waals surface area contributed by atoms with Crippen molar-refractivity contribution >= 4 is 17.5 Å². The smallest absolute Gasteiger partial charge is 0.222 e. The van der Waals surface area contributed by atoms with Gasteiger partial charge in [0, 0.05) is 65.3 Å². The Bertz CT molecular complexity index is 593. The van der Waals surface area contributed by atoms with Gasteiger partial charge in [-0.3, -0.25) is 9.69 Å². The van der Waals surface area contributed by atoms with Crippen molar-refractivity contribution in [3.8, 4) is 0 Å². The van der Waals surface area contributed by atoms with Crippen molar-refractivity contribution < 1.29 is 9.90 Å². The number of piperazine rings is 2. The van der Waals surface area contributed by atoms with Crippen LogP contribution in [0.25, 0.3) is 0 Å². The average molecular weight is 377 g/mol. The molecular formula is C19H32N6O2. The normalized spacial score (nSPS) is 19.0. The Morgan fingerprint density at radius 1 is 0.963 bits per heavy atom. The second-order valence-electron chi connectivity index (χ2n) is 7.77. The fourth-order valence-electron chi connectivity index (χ4n) is 3.66. The number of hydrogen-bond donors (Lipinski definition) is 1. The van der Waals surface area contributed by atoms with Crippen LogP contribution in [0.1, 0.15) is 20.3 Å². The summed E-state index contributed by atoms with van der Waals surface area (Å²) in [5.41, 5.74) is 0. The number of nitrogens with zero attached hydrogens (tertiary/aromatic N) is 6. The van der Waals surface area contributed by atoms with E-state index in [4.69, 9.17) is 5.11 Å². The number of carbonyl (C=O) groups is 1. The van der Waals surface area contributed by atoms with Crippen LogP contribution in [-0.4, -0.2) is 96.5 Å². The van der Waals surface area contributed by atoms with Gasteiger partial charge in [-0.05, 0) is 18.1 Å². The van der Waals surface area contributed by atoms with E-state index in [-0.39, 0.29) is 12.5 Å². The highest BCUT2D eigenvalue weighted by Gasteiger charge is 2.23. The topological polar surface area (TPSA) is 76.0 Å². The highest BCUT2D eigenvalue weighted by Crippen LogP contribution is 2.18. The second kappa shape index (κ2) is 9.32. The summed E-state index contributed by atoms with van der Waals surface area (Å²) in [6, 6.07) is 4.08. The van der Waals surface area contributed by atoms with Crippen LogP contribution < -0.4 is 9.80 Å². The van der Waals surface area contributed by atoms with E-state index in [0.717, 1.165) is 70.5 Å². The third-order valence-corrected chi connectivity index (χ3v) is 5.29. The lowest BCUT2D eigenvalue weighted by atomic mass is 10.1. The van der Waals surface area contributed by atoms with E-state index in [1.54, 1.807) is 0 Å². The molecule has 0 bridgehead atoms. The van der Waals surface area contributed by atoms with Gasteiger partial charge in [-0.1, -0.05) is 13.8 Å². The summed E-state index contributed by atoms with van der Waals surface area (Å²) in [7, 11) is 0. The summed E-state index contributed by atoms with van der Waals surface area (Å²) in [5, 5.41) is 17.9. The highest BCUT2D eigenvalue weighted by molar-refractivity contribution is 5.76. The predicted octanol–water partition coefficient (Wildman–Crippen LogP) is 0.286. The summed E-state index contributed by atoms with van der Waals surface area (Å²) >= 11 is 0. The van der Waals surface area contributed by atoms with Gasteiger partial charge in [0.2, 0.25) is 5.91 Å². The van der Waals surface area contributed by atoms with Crippen LogP contribution >= 0.6 is 0 Å². The number of rotatable bonds is 6. The average Bonchev–Trinajstić information content (AvgIpc) is 2.69. The molecule has 0 spiro atoms. The fraction of sp³-hybridized carbons (Fsp3) is 0.737. The maximum absolute atomic E-state index is 12.2. The minimum Gasteiger partial charge on any atom is -0.395 e. The highest BCUT2D eigenvalue weighted by atomic mass is 16.3. The number of aliphatic hydroxyl groups excluding tert-OH is 1. The second-order valence-corrected chi connectivity index (χ2v) is 7.77. The molecule has 0 unspecified atom stereocenters. The Morgan fingerprint density at radius 2 is 1.48 bits per heavy atom. The molecule has 2 saturated heterocycles. The molecule has 0 atom stereocenters. The van der Waals surface area contributed by atoms with Crippen LogP contribution in [0.2, 0.25) is 0 Å². The summed E-state index contributed by atoms with van der Waals surface area (Å²) in [5.74, 6) is 2.45. The summed E-state index contributed by atoms with van der Waals surface area (Å²) in [4.78, 5) is 20.9. The van der Waals surface area contributed by atoms with Gasteiger partial charge in [0.25, 0.3) is 0 Å². The van der Waals surface area contributed by atoms with Crippen LogP contribution in [0.4, 0.5) is 11.6 Å². The van der Waals surface area contributed by atoms with E-state index >= 15 is 0 Å². The Kier molecular flexibility index (Phi) is 6.84. The van der Waals surface area contributed by atoms with Crippen molar-refractivity contribution in [2.45, 2.75) is 20.3 Å². The van der Waals surface area contributed by atoms with Gasteiger partial charge in [-0.25, -0.2) is 0 Å². The van der Waals surface area contributed by atoms with Crippen LogP contribution in [0.3, 0.4) is 0 Å². The fourth-order valence-corrected chi connectivity index (χ4v) is 3.66. The Labute approximate surface area is 161 Å². The van der Waals surface area contributed by atoms with Gasteiger partial charge in [0.05, 0.1) is 6.61 Å². The van der Waals surface area contributed by atoms with Crippen molar-refractivity contribution in [1.82, 2.24) is 20.0 Å². The van der Waals surface area contributed by atoms with Crippen LogP contribution in [0, 0.1) is 5.92 Å². The van der Waals surface area contributed by atoms with Crippen molar-refractivity contribution in [3.63, 3.8) is 0 Å². The van der Waals surface area contributed by atoms with Gasteiger partial charge in [0.15, 0.2) is 11.6 Å². The number of amides is 1. The number of anilines is 2. The predicted molar refractivity (Wildman–Crippen MR) is 106 cm³/mol. The zero-order chi connectivity index (χ0) is 19.2. The number of β-amino-alcohol motifs (C(OH)–C–C–N with tert-alkyl or cyclic N) is 1. The van der Waals surface area contributed by atoms with Crippen molar-refractivity contribution in [2.24, 2.45) is 5.92 Å². The Balaban J connectivity index is 1.49. The summed E-state index contributed by atoms with van der Waals surface area (Å²) in [6.07, 6.45) is 0.625. The maximum Gasteiger partial charge on any atom is 0.222 e. The van der Waals surface area contributed by atoms with E-state index < -0.39 is 0 Å². The molecule has 27 heavy (non-hydrogen) atoms. The molecule has 8 heteroatoms. The zero-order valence-electron chi connectivity index (χ0n) is 16.5. The quantitative estimate of drug-likeness (QED) is 0.764. The van der Waals surface area contributed by atoms with E-state index in [1.807, 2.05) is 17.0 Å². The lowest BCUT2D eigenvalue weighted by molar-refractivity contribution is -0.132. The molecule has 0 aliphatic carbocycles. The largest absolute Gasteiger partial charge is 0.395 e. The first-order valence-corrected chi connectivity index (χ1v) is 10.0. The van der Waals surface area contributed by atoms with E-state index in [1.165, 1.54) is 0 Å². The summed E-state index contributed by atoms with van der Waals surface area (Å²) in [6.45, 7) is 11.9. The monoisotopic (exact) mass is 376 g/mol. The minimum absolute atomic E-state index is 0.213. The van der Waals surface area contributed by atoms with Crippen LogP contribution in [0.15, 0.2) is 12.1 Å². The van der Waals surface area contributed by atoms with E-state index in [2.05, 4.69) is 38.7 Å². The van der Waals surface area contributed by atoms with Gasteiger partial charge < -0.3 is 19.8 Å². The molecule has 1 aromatic rings. The molecule has 1 aromatic heterocycles. The first-order valence-electron chi connectivity index (χ1n) is 10.0. The summed E-state index contributed by atoms with van der Waals surface area (Å²) < 4.78 is 0. The van der Waals surface area contributed by atoms with Crippen LogP contribution in [0.5, 0.6) is 0 Å². The molecule has 0 radical (unpaired) electrons. The molecule has 1 amide bonds. The number of aliphatic hydroxyl groups is 1. The third kappa shape index (κ3) is 5.29. The minimum atomic E-state index is 0.213. The molecule has 150 valence electrons. The first kappa shape index (κ1) is 19.8. The zero-order valence-corrected chi connectivity index (χ0v) is 16.5. The molecule has 8 nitrogen and oxygen atoms in total. The van der Waals surface area contributed by atoms with Gasteiger partial charge in [0.1, 0.15) is 0 Å². The molecule has 3 rings (SSSR count). The molecule has 0 aromatic carbocycles. The molecule has 3 heterocycles. The maximum atomic E-state index is 12.2. The molecule has 2 aliphatic rings. The molecular weight excluding hydrogens is 344 g/mol. The number of carbonyl (C=O) groups excluding carboxylic acids is 1. The first-order chi connectivity index (χ1) is 13.1. The lowest BCUT2D eigenvalue weighted by Gasteiger charge is -2.36. The van der Waals surface area contributed by atoms with E-state index in [0.29, 0.717) is 12.3 Å². The SMILES string of the molecule is CC(C)CC(=O)N1CCN(c2ccc(N3CCN(CCO)CC3)nn2)CC1. The van der Waals surface area contributed by atoms with Gasteiger partial charge in [-0.2, -0.15) is 0 Å². The number of hydrogen-bond acceptors (Lipinski definition) is 7. The molecule has 1 N–H and O–H groups in total. The third-order valence-electron chi connectivity index (χ3n) is 5.29. The van der Waals surface area contributed by atoms with Crippen LogP contribution in [-0.2, 0) is 4.79 Å². The van der Waals surface area contributed by atoms with Crippen molar-refractivity contribution in [3.05, 3.63) is 12.1 Å². The molecule has 0 saturated carbocycles. The Hall–Kier alpha value is -1.93. The molecule has 2 aliphatic heterocycles. The molecule has 2 fully saturated rings. The lowest BCUT2D eigenvalue weighted by Crippen LogP contribution is -2.49. The Morgan fingerprint density at radius 3 is 1.93 bits per heavy atom. The van der Waals surface area contributed by atoms with E-state index in [9.17, 15) is 4.79 Å². The standard InChI is InChI=1S/C19H32N6O2/c1-16(2)15-19(27)25-11-9-24(10-12-25)18-4-3-17(20-21-18)23-7-5-22(6-8-23)13-14-26/h3-4,16,26H,5-15H2,1-2H3. The van der Waals surface area contributed by atoms with Gasteiger partial charge >= 0.3 is 0 Å². The van der Waals surface area contributed by atoms with Crippen molar-refractivity contribution in [1.29, 1.82) is 0 Å². The van der Waals surface area contributed by atoms with Crippen molar-refractivity contribution in [2.75, 3.05) is 75.3 Å². The van der Waals surface area contributed by atoms with Gasteiger partial charge in [-0.15, -0.1) is 10.2 Å². The number of aromatic nitrogens is 2.